The Bertz CT molecular complexity index is 799. The lowest BCUT2D eigenvalue weighted by molar-refractivity contribution is -0.148. The molecule has 1 aromatic carbocycles. The first kappa shape index (κ1) is 20.5. The number of carbonyl (C=O) groups is 3. The lowest BCUT2D eigenvalue weighted by atomic mass is 9.93. The molecule has 2 unspecified atom stereocenters. The van der Waals surface area contributed by atoms with Gasteiger partial charge in [0.15, 0.2) is 0 Å². The first-order valence-corrected chi connectivity index (χ1v) is 9.13. The highest BCUT2D eigenvalue weighted by atomic mass is 16.5. The molecule has 3 N–H and O–H groups in total. The Balaban J connectivity index is 2.04. The Hall–Kier alpha value is -2.83. The number of carbonyl (C=O) groups excluding carboxylic acids is 2. The highest BCUT2D eigenvalue weighted by molar-refractivity contribution is 5.84. The molecule has 0 saturated carbocycles. The van der Waals surface area contributed by atoms with E-state index in [-0.39, 0.29) is 30.8 Å². The quantitative estimate of drug-likeness (QED) is 0.554. The summed E-state index contributed by atoms with van der Waals surface area (Å²) < 4.78 is 5.21. The van der Waals surface area contributed by atoms with Crippen LogP contribution in [0, 0.1) is 5.92 Å². The number of H-pyrrole nitrogens is 1. The number of hydrogen-bond acceptors (Lipinski definition) is 4. The molecule has 0 radical (unpaired) electrons. The van der Waals surface area contributed by atoms with E-state index in [9.17, 15) is 14.4 Å². The maximum atomic E-state index is 12.4. The average Bonchev–Trinajstić information content (AvgIpc) is 3.02. The molecule has 2 atom stereocenters. The summed E-state index contributed by atoms with van der Waals surface area (Å²) in [4.78, 5) is 38.0. The number of hydrogen-bond donors (Lipinski definition) is 3. The first-order chi connectivity index (χ1) is 12.9. The van der Waals surface area contributed by atoms with Crippen molar-refractivity contribution < 1.29 is 24.2 Å². The van der Waals surface area contributed by atoms with Gasteiger partial charge in [0.25, 0.3) is 0 Å². The van der Waals surface area contributed by atoms with Crippen LogP contribution in [-0.2, 0) is 25.5 Å². The lowest BCUT2D eigenvalue weighted by Crippen LogP contribution is -2.36. The van der Waals surface area contributed by atoms with E-state index in [4.69, 9.17) is 9.84 Å². The molecule has 2 rings (SSSR count). The molecule has 0 aliphatic rings. The molecule has 7 heteroatoms. The zero-order valence-electron chi connectivity index (χ0n) is 15.7. The molecule has 7 nitrogen and oxygen atoms in total. The second-order valence-corrected chi connectivity index (χ2v) is 6.61. The number of amides is 1. The van der Waals surface area contributed by atoms with Crippen molar-refractivity contribution in [2.75, 3.05) is 6.61 Å². The highest BCUT2D eigenvalue weighted by Gasteiger charge is 2.25. The van der Waals surface area contributed by atoms with Crippen LogP contribution in [-0.4, -0.2) is 40.6 Å². The second kappa shape index (κ2) is 9.75. The zero-order valence-corrected chi connectivity index (χ0v) is 15.7. The number of fused-ring (bicyclic) bond motifs is 1. The van der Waals surface area contributed by atoms with Gasteiger partial charge in [0.05, 0.1) is 18.9 Å². The van der Waals surface area contributed by atoms with Crippen LogP contribution in [0.2, 0.25) is 0 Å². The molecule has 2 aromatic rings. The van der Waals surface area contributed by atoms with E-state index in [0.717, 1.165) is 16.5 Å². The first-order valence-electron chi connectivity index (χ1n) is 9.13. The number of benzene rings is 1. The Morgan fingerprint density at radius 3 is 2.67 bits per heavy atom. The topological polar surface area (TPSA) is 108 Å². The fourth-order valence-electron chi connectivity index (χ4n) is 3.14. The molecule has 0 spiro atoms. The van der Waals surface area contributed by atoms with E-state index in [1.54, 1.807) is 13.8 Å². The van der Waals surface area contributed by atoms with Gasteiger partial charge in [0, 0.05) is 29.6 Å². The molecule has 0 saturated heterocycles. The highest BCUT2D eigenvalue weighted by Crippen LogP contribution is 2.23. The van der Waals surface area contributed by atoms with E-state index in [2.05, 4.69) is 10.3 Å². The van der Waals surface area contributed by atoms with Gasteiger partial charge in [0.1, 0.15) is 0 Å². The molecule has 0 fully saturated rings. The minimum atomic E-state index is -1.01. The summed E-state index contributed by atoms with van der Waals surface area (Å²) in [6.07, 6.45) is 2.52. The molecule has 0 bridgehead atoms. The van der Waals surface area contributed by atoms with E-state index >= 15 is 0 Å². The number of carboxylic acids is 1. The maximum Gasteiger partial charge on any atom is 0.309 e. The number of esters is 1. The van der Waals surface area contributed by atoms with E-state index in [1.165, 1.54) is 0 Å². The zero-order chi connectivity index (χ0) is 19.8. The third kappa shape index (κ3) is 6.13. The van der Waals surface area contributed by atoms with Crippen molar-refractivity contribution in [2.24, 2.45) is 5.92 Å². The van der Waals surface area contributed by atoms with E-state index < -0.39 is 11.9 Å². The predicted molar refractivity (Wildman–Crippen MR) is 101 cm³/mol. The van der Waals surface area contributed by atoms with Gasteiger partial charge < -0.3 is 20.1 Å². The second-order valence-electron chi connectivity index (χ2n) is 6.61. The number of nitrogens with one attached hydrogen (secondary N) is 2. The summed E-state index contributed by atoms with van der Waals surface area (Å²) in [7, 11) is 0. The van der Waals surface area contributed by atoms with E-state index in [1.807, 2.05) is 30.5 Å². The largest absolute Gasteiger partial charge is 0.481 e. The van der Waals surface area contributed by atoms with E-state index in [0.29, 0.717) is 19.4 Å². The number of para-hydroxylation sites is 1. The van der Waals surface area contributed by atoms with Gasteiger partial charge in [-0.3, -0.25) is 14.4 Å². The SMILES string of the molecule is CCOC(=O)C(Cc1c[nH]c2ccccc12)CC(C)NC(=O)CCC(=O)O. The molecule has 0 aliphatic heterocycles. The third-order valence-corrected chi connectivity index (χ3v) is 4.37. The van der Waals surface area contributed by atoms with Crippen molar-refractivity contribution in [1.82, 2.24) is 10.3 Å². The molecule has 1 aromatic heterocycles. The number of carboxylic acid groups (broad SMARTS) is 1. The predicted octanol–water partition coefficient (Wildman–Crippen LogP) is 2.65. The molecular formula is C20H26N2O5. The fourth-order valence-corrected chi connectivity index (χ4v) is 3.14. The summed E-state index contributed by atoms with van der Waals surface area (Å²) in [6, 6.07) is 7.60. The Morgan fingerprint density at radius 2 is 1.96 bits per heavy atom. The monoisotopic (exact) mass is 374 g/mol. The Morgan fingerprint density at radius 1 is 1.22 bits per heavy atom. The van der Waals surface area contributed by atoms with Crippen LogP contribution < -0.4 is 5.32 Å². The molecule has 27 heavy (non-hydrogen) atoms. The van der Waals surface area contributed by atoms with Crippen molar-refractivity contribution >= 4 is 28.7 Å². The van der Waals surface area contributed by atoms with Gasteiger partial charge in [-0.25, -0.2) is 0 Å². The van der Waals surface area contributed by atoms with Crippen molar-refractivity contribution in [3.63, 3.8) is 0 Å². The van der Waals surface area contributed by atoms with Gasteiger partial charge >= 0.3 is 11.9 Å². The fraction of sp³-hybridized carbons (Fsp3) is 0.450. The molecule has 1 amide bonds. The van der Waals surface area contributed by atoms with Gasteiger partial charge in [-0.1, -0.05) is 18.2 Å². The smallest absolute Gasteiger partial charge is 0.309 e. The number of aromatic amines is 1. The minimum Gasteiger partial charge on any atom is -0.481 e. The Kier molecular flexibility index (Phi) is 7.40. The summed E-state index contributed by atoms with van der Waals surface area (Å²) in [5.41, 5.74) is 2.03. The van der Waals surface area contributed by atoms with Crippen LogP contribution in [0.25, 0.3) is 10.9 Å². The molecule has 146 valence electrons. The summed E-state index contributed by atoms with van der Waals surface area (Å²) in [5.74, 6) is -2.05. The van der Waals surface area contributed by atoms with Crippen LogP contribution in [0.5, 0.6) is 0 Å². The van der Waals surface area contributed by atoms with Gasteiger partial charge in [-0.2, -0.15) is 0 Å². The number of aliphatic carboxylic acids is 1. The molecular weight excluding hydrogens is 348 g/mol. The van der Waals surface area contributed by atoms with Crippen LogP contribution in [0.1, 0.15) is 38.7 Å². The third-order valence-electron chi connectivity index (χ3n) is 4.37. The van der Waals surface area contributed by atoms with Gasteiger partial charge in [0.2, 0.25) is 5.91 Å². The van der Waals surface area contributed by atoms with Crippen LogP contribution in [0.15, 0.2) is 30.5 Å². The lowest BCUT2D eigenvalue weighted by Gasteiger charge is -2.20. The van der Waals surface area contributed by atoms with Gasteiger partial charge in [-0.15, -0.1) is 0 Å². The van der Waals surface area contributed by atoms with Crippen LogP contribution >= 0.6 is 0 Å². The van der Waals surface area contributed by atoms with Crippen molar-refractivity contribution in [2.45, 2.75) is 45.6 Å². The van der Waals surface area contributed by atoms with Crippen LogP contribution in [0.4, 0.5) is 0 Å². The van der Waals surface area contributed by atoms with Crippen molar-refractivity contribution in [1.29, 1.82) is 0 Å². The van der Waals surface area contributed by atoms with Crippen LogP contribution in [0.3, 0.4) is 0 Å². The summed E-state index contributed by atoms with van der Waals surface area (Å²) in [5, 5.41) is 12.5. The summed E-state index contributed by atoms with van der Waals surface area (Å²) >= 11 is 0. The number of rotatable bonds is 10. The minimum absolute atomic E-state index is 0.0772. The standard InChI is InChI=1S/C20H26N2O5/c1-3-27-20(26)14(10-13(2)22-18(23)8-9-19(24)25)11-15-12-21-17-7-5-4-6-16(15)17/h4-7,12-14,21H,3,8-11H2,1-2H3,(H,22,23)(H,24,25). The van der Waals surface area contributed by atoms with Crippen molar-refractivity contribution in [3.05, 3.63) is 36.0 Å². The van der Waals surface area contributed by atoms with Crippen molar-refractivity contribution in [3.8, 4) is 0 Å². The van der Waals surface area contributed by atoms with Gasteiger partial charge in [-0.05, 0) is 38.3 Å². The number of ether oxygens (including phenoxy) is 1. The number of aromatic nitrogens is 1. The molecule has 0 aliphatic carbocycles. The molecule has 1 heterocycles. The summed E-state index contributed by atoms with van der Waals surface area (Å²) in [6.45, 7) is 3.86. The Labute approximate surface area is 158 Å². The average molecular weight is 374 g/mol. The normalized spacial score (nSPS) is 13.1. The maximum absolute atomic E-state index is 12.4.